The second-order valence-corrected chi connectivity index (χ2v) is 9.24. The molecular weight excluding hydrogens is 314 g/mol. The second-order valence-electron chi connectivity index (χ2n) is 9.24. The lowest BCUT2D eigenvalue weighted by atomic mass is 9.47. The summed E-state index contributed by atoms with van der Waals surface area (Å²) >= 11 is 0. The second kappa shape index (κ2) is 6.44. The van der Waals surface area contributed by atoms with Crippen LogP contribution in [0.1, 0.15) is 64.7 Å². The number of allylic oxidation sites excluding steroid dienone is 2. The van der Waals surface area contributed by atoms with Crippen LogP contribution in [0.15, 0.2) is 12.2 Å². The van der Waals surface area contributed by atoms with Gasteiger partial charge in [-0.25, -0.2) is 0 Å². The van der Waals surface area contributed by atoms with E-state index >= 15 is 0 Å². The van der Waals surface area contributed by atoms with Gasteiger partial charge in [-0.15, -0.1) is 0 Å². The summed E-state index contributed by atoms with van der Waals surface area (Å²) in [6.07, 6.45) is 13.9. The molecule has 0 aromatic carbocycles. The summed E-state index contributed by atoms with van der Waals surface area (Å²) in [6, 6.07) is 0.216. The van der Waals surface area contributed by atoms with Crippen molar-refractivity contribution in [3.8, 4) is 0 Å². The standard InChI is InChI=1S/C21H31NO3/c1-2-18(21-10-13-7-14(11-21)9-15(8-13)12-21)22-19(23)16-5-3-4-6-17(16)20(24)25/h3-4,13-18H,2,5-12H2,1H3,(H,22,23)(H,24,25)/t13?,14?,15?,16-,17-,18+,21?/m1/s1. The third-order valence-corrected chi connectivity index (χ3v) is 7.64. The summed E-state index contributed by atoms with van der Waals surface area (Å²) in [7, 11) is 0. The number of carbonyl (C=O) groups is 2. The third kappa shape index (κ3) is 3.02. The molecule has 2 N–H and O–H groups in total. The molecule has 3 atom stereocenters. The fourth-order valence-electron chi connectivity index (χ4n) is 6.95. The third-order valence-electron chi connectivity index (χ3n) is 7.64. The molecule has 5 rings (SSSR count). The van der Waals surface area contributed by atoms with E-state index in [4.69, 9.17) is 0 Å². The van der Waals surface area contributed by atoms with Crippen molar-refractivity contribution in [3.63, 3.8) is 0 Å². The van der Waals surface area contributed by atoms with E-state index in [1.807, 2.05) is 12.2 Å². The van der Waals surface area contributed by atoms with E-state index in [2.05, 4.69) is 12.2 Å². The Morgan fingerprint density at radius 2 is 1.56 bits per heavy atom. The highest BCUT2D eigenvalue weighted by atomic mass is 16.4. The molecule has 25 heavy (non-hydrogen) atoms. The Bertz CT molecular complexity index is 546. The number of carboxylic acids is 1. The van der Waals surface area contributed by atoms with Crippen molar-refractivity contribution in [1.82, 2.24) is 5.32 Å². The van der Waals surface area contributed by atoms with Gasteiger partial charge >= 0.3 is 5.97 Å². The van der Waals surface area contributed by atoms with Gasteiger partial charge in [0.2, 0.25) is 5.91 Å². The normalized spacial score (nSPS) is 43.0. The van der Waals surface area contributed by atoms with Gasteiger partial charge in [0, 0.05) is 6.04 Å². The molecular formula is C21H31NO3. The Kier molecular flexibility index (Phi) is 4.41. The number of aliphatic carboxylic acids is 1. The van der Waals surface area contributed by atoms with Gasteiger partial charge < -0.3 is 10.4 Å². The summed E-state index contributed by atoms with van der Waals surface area (Å²) in [4.78, 5) is 24.5. The molecule has 4 bridgehead atoms. The zero-order chi connectivity index (χ0) is 17.6. The lowest BCUT2D eigenvalue weighted by molar-refractivity contribution is -0.148. The molecule has 4 fully saturated rings. The number of carbonyl (C=O) groups excluding carboxylic acids is 1. The van der Waals surface area contributed by atoms with Gasteiger partial charge in [-0.2, -0.15) is 0 Å². The van der Waals surface area contributed by atoms with Gasteiger partial charge in [-0.1, -0.05) is 19.1 Å². The summed E-state index contributed by atoms with van der Waals surface area (Å²) < 4.78 is 0. The highest BCUT2D eigenvalue weighted by Crippen LogP contribution is 2.61. The first-order valence-electron chi connectivity index (χ1n) is 10.2. The Hall–Kier alpha value is -1.32. The van der Waals surface area contributed by atoms with E-state index in [1.54, 1.807) is 0 Å². The molecule has 0 saturated heterocycles. The molecule has 4 nitrogen and oxygen atoms in total. The summed E-state index contributed by atoms with van der Waals surface area (Å²) in [5.41, 5.74) is 0.280. The van der Waals surface area contributed by atoms with E-state index in [-0.39, 0.29) is 17.4 Å². The maximum Gasteiger partial charge on any atom is 0.307 e. The van der Waals surface area contributed by atoms with Crippen LogP contribution in [0.2, 0.25) is 0 Å². The fourth-order valence-corrected chi connectivity index (χ4v) is 6.95. The van der Waals surface area contributed by atoms with E-state index in [9.17, 15) is 14.7 Å². The SMILES string of the molecule is CC[C@H](NC(=O)[C@@H]1CC=CC[C@H]1C(=O)O)C12CC3CC(CC(C3)C1)C2. The Labute approximate surface area is 150 Å². The average Bonchev–Trinajstić information content (AvgIpc) is 2.58. The number of hydrogen-bond donors (Lipinski definition) is 2. The maximum absolute atomic E-state index is 13.0. The summed E-state index contributed by atoms with van der Waals surface area (Å²) in [5.74, 6) is 0.737. The average molecular weight is 345 g/mol. The predicted octanol–water partition coefficient (Wildman–Crippen LogP) is 3.76. The van der Waals surface area contributed by atoms with Crippen LogP contribution in [0, 0.1) is 35.0 Å². The van der Waals surface area contributed by atoms with Gasteiger partial charge in [0.15, 0.2) is 0 Å². The minimum atomic E-state index is -0.840. The zero-order valence-corrected chi connectivity index (χ0v) is 15.2. The number of nitrogens with one attached hydrogen (secondary N) is 1. The van der Waals surface area contributed by atoms with Crippen LogP contribution in [0.25, 0.3) is 0 Å². The largest absolute Gasteiger partial charge is 0.481 e. The summed E-state index contributed by atoms with van der Waals surface area (Å²) in [5, 5.41) is 12.8. The van der Waals surface area contributed by atoms with Crippen molar-refractivity contribution in [1.29, 1.82) is 0 Å². The maximum atomic E-state index is 13.0. The molecule has 0 aliphatic heterocycles. The van der Waals surface area contributed by atoms with Crippen molar-refractivity contribution < 1.29 is 14.7 Å². The van der Waals surface area contributed by atoms with Gasteiger partial charge in [-0.3, -0.25) is 9.59 Å². The van der Waals surface area contributed by atoms with E-state index in [1.165, 1.54) is 38.5 Å². The lowest BCUT2D eigenvalue weighted by Gasteiger charge is -2.59. The van der Waals surface area contributed by atoms with Crippen LogP contribution in [0.5, 0.6) is 0 Å². The van der Waals surface area contributed by atoms with E-state index in [0.29, 0.717) is 12.8 Å². The van der Waals surface area contributed by atoms with E-state index < -0.39 is 17.8 Å². The zero-order valence-electron chi connectivity index (χ0n) is 15.2. The minimum Gasteiger partial charge on any atom is -0.481 e. The number of hydrogen-bond acceptors (Lipinski definition) is 2. The minimum absolute atomic E-state index is 0.0284. The summed E-state index contributed by atoms with van der Waals surface area (Å²) in [6.45, 7) is 2.18. The first-order valence-corrected chi connectivity index (χ1v) is 10.2. The number of amides is 1. The Morgan fingerprint density at radius 3 is 2.04 bits per heavy atom. The van der Waals surface area contributed by atoms with Gasteiger partial charge in [-0.05, 0) is 81.0 Å². The van der Waals surface area contributed by atoms with Crippen LogP contribution in [0.3, 0.4) is 0 Å². The first-order chi connectivity index (χ1) is 12.0. The molecule has 5 aliphatic rings. The van der Waals surface area contributed by atoms with Crippen LogP contribution in [-0.2, 0) is 9.59 Å². The van der Waals surface area contributed by atoms with Gasteiger partial charge in [0.1, 0.15) is 0 Å². The van der Waals surface area contributed by atoms with Crippen molar-refractivity contribution in [2.45, 2.75) is 70.8 Å². The van der Waals surface area contributed by atoms with Crippen LogP contribution in [0.4, 0.5) is 0 Å². The highest BCUT2D eigenvalue weighted by molar-refractivity contribution is 5.85. The number of carboxylic acid groups (broad SMARTS) is 1. The molecule has 0 aromatic rings. The molecule has 4 saturated carbocycles. The Morgan fingerprint density at radius 1 is 1.04 bits per heavy atom. The molecule has 0 heterocycles. The molecule has 0 aromatic heterocycles. The topological polar surface area (TPSA) is 66.4 Å². The highest BCUT2D eigenvalue weighted by Gasteiger charge is 2.54. The molecule has 5 aliphatic carbocycles. The molecule has 1 amide bonds. The molecule has 4 heteroatoms. The number of rotatable bonds is 5. The quantitative estimate of drug-likeness (QED) is 0.746. The van der Waals surface area contributed by atoms with E-state index in [0.717, 1.165) is 24.2 Å². The monoisotopic (exact) mass is 345 g/mol. The molecule has 0 radical (unpaired) electrons. The van der Waals surface area contributed by atoms with Crippen molar-refractivity contribution in [2.75, 3.05) is 0 Å². The Balaban J connectivity index is 1.49. The molecule has 0 unspecified atom stereocenters. The van der Waals surface area contributed by atoms with Crippen LogP contribution >= 0.6 is 0 Å². The smallest absolute Gasteiger partial charge is 0.307 e. The fraction of sp³-hybridized carbons (Fsp3) is 0.810. The molecule has 138 valence electrons. The van der Waals surface area contributed by atoms with Crippen LogP contribution < -0.4 is 5.32 Å². The van der Waals surface area contributed by atoms with Crippen molar-refractivity contribution >= 4 is 11.9 Å². The van der Waals surface area contributed by atoms with Crippen LogP contribution in [-0.4, -0.2) is 23.0 Å². The molecule has 0 spiro atoms. The lowest BCUT2D eigenvalue weighted by Crippen LogP contribution is -2.57. The van der Waals surface area contributed by atoms with Crippen molar-refractivity contribution in [2.24, 2.45) is 35.0 Å². The first kappa shape index (κ1) is 17.1. The van der Waals surface area contributed by atoms with Gasteiger partial charge in [0.25, 0.3) is 0 Å². The predicted molar refractivity (Wildman–Crippen MR) is 95.8 cm³/mol. The van der Waals surface area contributed by atoms with Crippen molar-refractivity contribution in [3.05, 3.63) is 12.2 Å². The van der Waals surface area contributed by atoms with Gasteiger partial charge in [0.05, 0.1) is 11.8 Å².